The van der Waals surface area contributed by atoms with Crippen molar-refractivity contribution in [3.63, 3.8) is 0 Å². The monoisotopic (exact) mass is 381 g/mol. The fourth-order valence-corrected chi connectivity index (χ4v) is 4.49. The van der Waals surface area contributed by atoms with Crippen LogP contribution >= 0.6 is 11.6 Å². The number of benzene rings is 1. The largest absolute Gasteiger partial charge is 0.354 e. The quantitative estimate of drug-likeness (QED) is 0.536. The van der Waals surface area contributed by atoms with Gasteiger partial charge in [0.25, 0.3) is 0 Å². The van der Waals surface area contributed by atoms with E-state index in [1.165, 1.54) is 67.3 Å². The number of hydrogen-bond donors (Lipinski definition) is 1. The van der Waals surface area contributed by atoms with Crippen molar-refractivity contribution in [2.45, 2.75) is 45.4 Å². The van der Waals surface area contributed by atoms with Gasteiger partial charge < -0.3 is 9.88 Å². The lowest BCUT2D eigenvalue weighted by Gasteiger charge is -2.32. The van der Waals surface area contributed by atoms with E-state index in [9.17, 15) is 0 Å². The standard InChI is InChI=1S/C23H28ClN3/c1-3-4-11-27-12-8-17(9-13-27)18-5-6-21-20(14-18)16(2)23(26-21)19-7-10-25-22(24)15-19/h5-7,10,14-15,17,26H,3-4,8-9,11-13H2,1-2H3. The molecule has 0 aliphatic carbocycles. The van der Waals surface area contributed by atoms with Crippen molar-refractivity contribution >= 4 is 22.5 Å². The van der Waals surface area contributed by atoms with Crippen LogP contribution in [0.4, 0.5) is 0 Å². The molecule has 3 nitrogen and oxygen atoms in total. The minimum atomic E-state index is 0.529. The fraction of sp³-hybridized carbons (Fsp3) is 0.435. The van der Waals surface area contributed by atoms with Crippen molar-refractivity contribution < 1.29 is 0 Å². The highest BCUT2D eigenvalue weighted by atomic mass is 35.5. The Kier molecular flexibility index (Phi) is 5.51. The number of aromatic amines is 1. The van der Waals surface area contributed by atoms with Crippen molar-refractivity contribution in [1.82, 2.24) is 14.9 Å². The number of likely N-dealkylation sites (tertiary alicyclic amines) is 1. The van der Waals surface area contributed by atoms with Crippen LogP contribution in [-0.2, 0) is 0 Å². The fourth-order valence-electron chi connectivity index (χ4n) is 4.32. The van der Waals surface area contributed by atoms with Gasteiger partial charge in [0.1, 0.15) is 5.15 Å². The molecule has 3 heterocycles. The molecule has 1 N–H and O–H groups in total. The van der Waals surface area contributed by atoms with Gasteiger partial charge in [-0.15, -0.1) is 0 Å². The van der Waals surface area contributed by atoms with Gasteiger partial charge in [0.2, 0.25) is 0 Å². The Morgan fingerprint density at radius 3 is 2.74 bits per heavy atom. The molecule has 0 saturated carbocycles. The molecule has 1 fully saturated rings. The molecule has 4 heteroatoms. The molecule has 1 aliphatic rings. The number of hydrogen-bond acceptors (Lipinski definition) is 2. The molecule has 1 aliphatic heterocycles. The van der Waals surface area contributed by atoms with E-state index in [1.54, 1.807) is 6.20 Å². The molecule has 0 amide bonds. The number of piperidine rings is 1. The number of pyridine rings is 1. The molecule has 0 atom stereocenters. The maximum atomic E-state index is 6.09. The Morgan fingerprint density at radius 1 is 1.19 bits per heavy atom. The van der Waals surface area contributed by atoms with E-state index in [2.05, 4.69) is 46.9 Å². The van der Waals surface area contributed by atoms with Crippen LogP contribution in [-0.4, -0.2) is 34.5 Å². The number of nitrogens with zero attached hydrogens (tertiary/aromatic N) is 2. The highest BCUT2D eigenvalue weighted by Gasteiger charge is 2.21. The molecule has 1 aromatic carbocycles. The Balaban J connectivity index is 1.57. The van der Waals surface area contributed by atoms with Gasteiger partial charge in [0.15, 0.2) is 0 Å². The van der Waals surface area contributed by atoms with Crippen LogP contribution in [0.3, 0.4) is 0 Å². The van der Waals surface area contributed by atoms with E-state index < -0.39 is 0 Å². The third kappa shape index (κ3) is 3.90. The molecule has 2 aromatic heterocycles. The molecule has 0 bridgehead atoms. The normalized spacial score (nSPS) is 16.3. The lowest BCUT2D eigenvalue weighted by Crippen LogP contribution is -2.33. The molecule has 0 spiro atoms. The predicted molar refractivity (Wildman–Crippen MR) is 115 cm³/mol. The van der Waals surface area contributed by atoms with Crippen LogP contribution in [0.25, 0.3) is 22.2 Å². The van der Waals surface area contributed by atoms with Crippen molar-refractivity contribution in [3.8, 4) is 11.3 Å². The van der Waals surface area contributed by atoms with Crippen LogP contribution in [0.2, 0.25) is 5.15 Å². The first kappa shape index (κ1) is 18.5. The molecule has 142 valence electrons. The zero-order chi connectivity index (χ0) is 18.8. The number of nitrogens with one attached hydrogen (secondary N) is 1. The Labute approximate surface area is 166 Å². The predicted octanol–water partition coefficient (Wildman–Crippen LogP) is 6.17. The summed E-state index contributed by atoms with van der Waals surface area (Å²) < 4.78 is 0. The van der Waals surface area contributed by atoms with Crippen LogP contribution in [0.5, 0.6) is 0 Å². The van der Waals surface area contributed by atoms with E-state index in [0.717, 1.165) is 11.3 Å². The minimum Gasteiger partial charge on any atom is -0.354 e. The second-order valence-corrected chi connectivity index (χ2v) is 8.15. The summed E-state index contributed by atoms with van der Waals surface area (Å²) in [5, 5.41) is 1.85. The van der Waals surface area contributed by atoms with Crippen molar-refractivity contribution in [3.05, 3.63) is 52.8 Å². The van der Waals surface area contributed by atoms with Gasteiger partial charge in [-0.05, 0) is 87.1 Å². The van der Waals surface area contributed by atoms with Crippen LogP contribution in [0, 0.1) is 6.92 Å². The molecule has 27 heavy (non-hydrogen) atoms. The van der Waals surface area contributed by atoms with Gasteiger partial charge in [0, 0.05) is 28.4 Å². The van der Waals surface area contributed by atoms with Gasteiger partial charge in [-0.3, -0.25) is 0 Å². The summed E-state index contributed by atoms with van der Waals surface area (Å²) in [4.78, 5) is 10.3. The van der Waals surface area contributed by atoms with E-state index >= 15 is 0 Å². The SMILES string of the molecule is CCCCN1CCC(c2ccc3[nH]c(-c4ccnc(Cl)c4)c(C)c3c2)CC1. The van der Waals surface area contributed by atoms with Crippen LogP contribution in [0.1, 0.15) is 49.7 Å². The second kappa shape index (κ2) is 8.04. The number of aromatic nitrogens is 2. The molecule has 0 radical (unpaired) electrons. The van der Waals surface area contributed by atoms with Gasteiger partial charge in [0.05, 0.1) is 0 Å². The highest BCUT2D eigenvalue weighted by Crippen LogP contribution is 2.34. The Bertz CT molecular complexity index is 923. The molecular formula is C23H28ClN3. The smallest absolute Gasteiger partial charge is 0.129 e. The van der Waals surface area contributed by atoms with Gasteiger partial charge in [-0.25, -0.2) is 4.98 Å². The first-order chi connectivity index (χ1) is 13.2. The van der Waals surface area contributed by atoms with Crippen molar-refractivity contribution in [2.75, 3.05) is 19.6 Å². The number of H-pyrrole nitrogens is 1. The summed E-state index contributed by atoms with van der Waals surface area (Å²) in [5.74, 6) is 0.681. The number of halogens is 1. The maximum absolute atomic E-state index is 6.09. The van der Waals surface area contributed by atoms with E-state index in [-0.39, 0.29) is 0 Å². The van der Waals surface area contributed by atoms with Crippen molar-refractivity contribution in [1.29, 1.82) is 0 Å². The van der Waals surface area contributed by atoms with Gasteiger partial charge in [-0.2, -0.15) is 0 Å². The summed E-state index contributed by atoms with van der Waals surface area (Å²) >= 11 is 6.09. The molecule has 1 saturated heterocycles. The van der Waals surface area contributed by atoms with Crippen molar-refractivity contribution in [2.24, 2.45) is 0 Å². The van der Waals surface area contributed by atoms with Gasteiger partial charge >= 0.3 is 0 Å². The maximum Gasteiger partial charge on any atom is 0.129 e. The zero-order valence-corrected chi connectivity index (χ0v) is 17.0. The van der Waals surface area contributed by atoms with Gasteiger partial charge in [-0.1, -0.05) is 31.0 Å². The summed E-state index contributed by atoms with van der Waals surface area (Å²) in [7, 11) is 0. The first-order valence-corrected chi connectivity index (χ1v) is 10.5. The summed E-state index contributed by atoms with van der Waals surface area (Å²) in [6.45, 7) is 8.19. The number of unbranched alkanes of at least 4 members (excludes halogenated alkanes) is 1. The molecule has 4 rings (SSSR count). The highest BCUT2D eigenvalue weighted by molar-refractivity contribution is 6.29. The third-order valence-corrected chi connectivity index (χ3v) is 6.19. The third-order valence-electron chi connectivity index (χ3n) is 5.98. The number of fused-ring (bicyclic) bond motifs is 1. The number of rotatable bonds is 5. The number of aryl methyl sites for hydroxylation is 1. The van der Waals surface area contributed by atoms with E-state index in [0.29, 0.717) is 11.1 Å². The Morgan fingerprint density at radius 2 is 2.00 bits per heavy atom. The van der Waals surface area contributed by atoms with E-state index in [4.69, 9.17) is 11.6 Å². The van der Waals surface area contributed by atoms with E-state index in [1.807, 2.05) is 12.1 Å². The van der Waals surface area contributed by atoms with Crippen LogP contribution < -0.4 is 0 Å². The molecular weight excluding hydrogens is 354 g/mol. The molecule has 3 aromatic rings. The average Bonchev–Trinajstić information content (AvgIpc) is 3.03. The topological polar surface area (TPSA) is 31.9 Å². The summed E-state index contributed by atoms with van der Waals surface area (Å²) in [5.41, 5.74) is 6.20. The zero-order valence-electron chi connectivity index (χ0n) is 16.3. The first-order valence-electron chi connectivity index (χ1n) is 10.1. The Hall–Kier alpha value is -1.84. The average molecular weight is 382 g/mol. The van der Waals surface area contributed by atoms with Crippen LogP contribution in [0.15, 0.2) is 36.5 Å². The minimum absolute atomic E-state index is 0.529. The lowest BCUT2D eigenvalue weighted by atomic mass is 9.88. The summed E-state index contributed by atoms with van der Waals surface area (Å²) in [6.07, 6.45) is 6.91. The second-order valence-electron chi connectivity index (χ2n) is 7.77. The molecule has 0 unspecified atom stereocenters. The lowest BCUT2D eigenvalue weighted by molar-refractivity contribution is 0.210. The summed E-state index contributed by atoms with van der Waals surface area (Å²) in [6, 6.07) is 10.9.